The normalized spacial score (nSPS) is 10.4. The van der Waals surface area contributed by atoms with Gasteiger partial charge in [0.2, 0.25) is 0 Å². The second-order valence-corrected chi connectivity index (χ2v) is 3.31. The quantitative estimate of drug-likeness (QED) is 0.748. The molecule has 0 aliphatic rings. The van der Waals surface area contributed by atoms with Crippen molar-refractivity contribution in [3.05, 3.63) is 28.6 Å². The van der Waals surface area contributed by atoms with Crippen LogP contribution in [0, 0.1) is 18.3 Å². The van der Waals surface area contributed by atoms with Gasteiger partial charge in [0.15, 0.2) is 0 Å². The van der Waals surface area contributed by atoms with Crippen LogP contribution in [-0.4, -0.2) is 4.98 Å². The first-order valence-corrected chi connectivity index (χ1v) is 4.83. The van der Waals surface area contributed by atoms with Gasteiger partial charge < -0.3 is 0 Å². The molecule has 0 spiro atoms. The molecule has 80 valence electrons. The van der Waals surface area contributed by atoms with E-state index in [4.69, 9.17) is 16.9 Å². The highest BCUT2D eigenvalue weighted by Gasteiger charge is 2.17. The van der Waals surface area contributed by atoms with Crippen molar-refractivity contribution >= 4 is 11.6 Å². The molecular weight excluding hydrogens is 222 g/mol. The Morgan fingerprint density at radius 2 is 2.27 bits per heavy atom. The Kier molecular flexibility index (Phi) is 3.98. The number of nitriles is 1. The highest BCUT2D eigenvalue weighted by atomic mass is 35.5. The molecule has 0 bridgehead atoms. The van der Waals surface area contributed by atoms with Crippen LogP contribution in [0.3, 0.4) is 0 Å². The van der Waals surface area contributed by atoms with Gasteiger partial charge in [0.05, 0.1) is 12.5 Å². The van der Waals surface area contributed by atoms with Gasteiger partial charge in [0.1, 0.15) is 5.69 Å². The van der Waals surface area contributed by atoms with E-state index in [1.807, 2.05) is 6.07 Å². The van der Waals surface area contributed by atoms with Crippen LogP contribution in [0.5, 0.6) is 0 Å². The topological polar surface area (TPSA) is 36.7 Å². The van der Waals surface area contributed by atoms with Crippen molar-refractivity contribution in [3.8, 4) is 6.07 Å². The molecule has 1 aromatic rings. The Balaban J connectivity index is 3.27. The molecule has 0 N–H and O–H groups in total. The number of nitrogens with zero attached hydrogens (tertiary/aromatic N) is 2. The number of hydrogen-bond acceptors (Lipinski definition) is 2. The van der Waals surface area contributed by atoms with Crippen LogP contribution in [0.2, 0.25) is 0 Å². The van der Waals surface area contributed by atoms with Crippen molar-refractivity contribution in [2.75, 3.05) is 0 Å². The summed E-state index contributed by atoms with van der Waals surface area (Å²) in [6.07, 6.45) is -1.16. The third kappa shape index (κ3) is 2.42. The summed E-state index contributed by atoms with van der Waals surface area (Å²) in [5, 5.41) is 8.53. The zero-order chi connectivity index (χ0) is 11.4. The van der Waals surface area contributed by atoms with E-state index in [0.29, 0.717) is 16.7 Å². The SMILES string of the molecule is Cc1c(CC#N)cnc(C(F)F)c1CCl. The molecule has 1 heterocycles. The summed E-state index contributed by atoms with van der Waals surface area (Å²) in [7, 11) is 0. The molecular formula is C10H9ClF2N2. The lowest BCUT2D eigenvalue weighted by Gasteiger charge is -2.11. The molecule has 5 heteroatoms. The first-order valence-electron chi connectivity index (χ1n) is 4.30. The van der Waals surface area contributed by atoms with E-state index in [1.165, 1.54) is 6.20 Å². The monoisotopic (exact) mass is 230 g/mol. The molecule has 1 aromatic heterocycles. The molecule has 0 aromatic carbocycles. The lowest BCUT2D eigenvalue weighted by Crippen LogP contribution is -2.03. The van der Waals surface area contributed by atoms with Crippen LogP contribution in [-0.2, 0) is 12.3 Å². The van der Waals surface area contributed by atoms with E-state index >= 15 is 0 Å². The molecule has 0 fully saturated rings. The Labute approximate surface area is 91.5 Å². The molecule has 0 saturated carbocycles. The first-order chi connectivity index (χ1) is 7.11. The molecule has 0 aliphatic heterocycles. The number of aromatic nitrogens is 1. The lowest BCUT2D eigenvalue weighted by molar-refractivity contribution is 0.145. The zero-order valence-corrected chi connectivity index (χ0v) is 8.85. The van der Waals surface area contributed by atoms with Crippen molar-refractivity contribution in [2.45, 2.75) is 25.7 Å². The Bertz CT molecular complexity index is 399. The van der Waals surface area contributed by atoms with E-state index in [1.54, 1.807) is 6.92 Å². The van der Waals surface area contributed by atoms with Gasteiger partial charge >= 0.3 is 0 Å². The van der Waals surface area contributed by atoms with Gasteiger partial charge in [0.25, 0.3) is 6.43 Å². The van der Waals surface area contributed by atoms with Gasteiger partial charge in [-0.3, -0.25) is 4.98 Å². The number of halogens is 3. The Hall–Kier alpha value is -1.21. The highest BCUT2D eigenvalue weighted by molar-refractivity contribution is 6.17. The van der Waals surface area contributed by atoms with Crippen LogP contribution in [0.25, 0.3) is 0 Å². The molecule has 0 unspecified atom stereocenters. The number of rotatable bonds is 3. The van der Waals surface area contributed by atoms with Gasteiger partial charge in [-0.1, -0.05) is 0 Å². The predicted molar refractivity (Wildman–Crippen MR) is 52.8 cm³/mol. The van der Waals surface area contributed by atoms with Gasteiger partial charge in [0, 0.05) is 12.1 Å². The smallest absolute Gasteiger partial charge is 0.255 e. The second kappa shape index (κ2) is 5.04. The summed E-state index contributed by atoms with van der Waals surface area (Å²) in [5.74, 6) is -0.0161. The first kappa shape index (κ1) is 11.9. The average molecular weight is 231 g/mol. The zero-order valence-electron chi connectivity index (χ0n) is 8.10. The molecule has 0 aliphatic carbocycles. The third-order valence-corrected chi connectivity index (χ3v) is 2.48. The van der Waals surface area contributed by atoms with Crippen LogP contribution < -0.4 is 0 Å². The van der Waals surface area contributed by atoms with Crippen molar-refractivity contribution in [2.24, 2.45) is 0 Å². The number of pyridine rings is 1. The van der Waals surface area contributed by atoms with E-state index < -0.39 is 6.43 Å². The molecule has 0 radical (unpaired) electrons. The van der Waals surface area contributed by atoms with Crippen molar-refractivity contribution in [3.63, 3.8) is 0 Å². The fourth-order valence-corrected chi connectivity index (χ4v) is 1.67. The van der Waals surface area contributed by atoms with Crippen LogP contribution in [0.15, 0.2) is 6.20 Å². The standard InChI is InChI=1S/C10H9ClF2N2/c1-6-7(2-3-14)5-15-9(10(12)13)8(6)4-11/h5,10H,2,4H2,1H3. The third-order valence-electron chi connectivity index (χ3n) is 2.21. The maximum Gasteiger partial charge on any atom is 0.280 e. The number of alkyl halides is 3. The molecule has 0 amide bonds. The summed E-state index contributed by atoms with van der Waals surface area (Å²) >= 11 is 5.60. The Morgan fingerprint density at radius 3 is 2.73 bits per heavy atom. The lowest BCUT2D eigenvalue weighted by atomic mass is 10.0. The minimum Gasteiger partial charge on any atom is -0.255 e. The van der Waals surface area contributed by atoms with Gasteiger partial charge in [-0.15, -0.1) is 11.6 Å². The van der Waals surface area contributed by atoms with E-state index in [0.717, 1.165) is 0 Å². The summed E-state index contributed by atoms with van der Waals surface area (Å²) in [5.41, 5.74) is 1.33. The molecule has 15 heavy (non-hydrogen) atoms. The van der Waals surface area contributed by atoms with Gasteiger partial charge in [-0.25, -0.2) is 8.78 Å². The van der Waals surface area contributed by atoms with Crippen molar-refractivity contribution in [1.29, 1.82) is 5.26 Å². The maximum absolute atomic E-state index is 12.5. The van der Waals surface area contributed by atoms with Gasteiger partial charge in [-0.05, 0) is 23.6 Å². The Morgan fingerprint density at radius 1 is 1.60 bits per heavy atom. The van der Waals surface area contributed by atoms with Crippen molar-refractivity contribution in [1.82, 2.24) is 4.98 Å². The summed E-state index contributed by atoms with van der Waals surface area (Å²) in [6, 6.07) is 1.95. The van der Waals surface area contributed by atoms with E-state index in [-0.39, 0.29) is 18.0 Å². The molecule has 0 atom stereocenters. The summed E-state index contributed by atoms with van der Waals surface area (Å²) < 4.78 is 25.1. The second-order valence-electron chi connectivity index (χ2n) is 3.04. The largest absolute Gasteiger partial charge is 0.280 e. The van der Waals surface area contributed by atoms with Crippen LogP contribution in [0.1, 0.15) is 28.8 Å². The predicted octanol–water partition coefficient (Wildman–Crippen LogP) is 3.13. The highest BCUT2D eigenvalue weighted by Crippen LogP contribution is 2.26. The fourth-order valence-electron chi connectivity index (χ4n) is 1.33. The van der Waals surface area contributed by atoms with E-state index in [9.17, 15) is 8.78 Å². The molecule has 2 nitrogen and oxygen atoms in total. The van der Waals surface area contributed by atoms with Crippen LogP contribution >= 0.6 is 11.6 Å². The summed E-state index contributed by atoms with van der Waals surface area (Å²) in [6.45, 7) is 1.68. The minimum absolute atomic E-state index is 0.0161. The molecule has 1 rings (SSSR count). The summed E-state index contributed by atoms with van der Waals surface area (Å²) in [4.78, 5) is 3.64. The minimum atomic E-state index is -2.63. The average Bonchev–Trinajstić information content (AvgIpc) is 2.20. The molecule has 0 saturated heterocycles. The number of hydrogen-bond donors (Lipinski definition) is 0. The maximum atomic E-state index is 12.5. The van der Waals surface area contributed by atoms with Crippen LogP contribution in [0.4, 0.5) is 8.78 Å². The van der Waals surface area contributed by atoms with E-state index in [2.05, 4.69) is 4.98 Å². The fraction of sp³-hybridized carbons (Fsp3) is 0.400. The van der Waals surface area contributed by atoms with Crippen molar-refractivity contribution < 1.29 is 8.78 Å². The van der Waals surface area contributed by atoms with Gasteiger partial charge in [-0.2, -0.15) is 5.26 Å².